The van der Waals surface area contributed by atoms with Crippen LogP contribution in [-0.4, -0.2) is 12.1 Å². The number of pyridine rings is 1. The van der Waals surface area contributed by atoms with Crippen molar-refractivity contribution in [3.8, 4) is 23.4 Å². The van der Waals surface area contributed by atoms with E-state index in [1.807, 2.05) is 36.4 Å². The number of nitrogens with two attached hydrogens (primary N) is 2. The Morgan fingerprint density at radius 1 is 1.21 bits per heavy atom. The van der Waals surface area contributed by atoms with Gasteiger partial charge in [0.2, 0.25) is 5.88 Å². The first kappa shape index (κ1) is 18.3. The second-order valence-electron chi connectivity index (χ2n) is 6.07. The van der Waals surface area contributed by atoms with Crippen LogP contribution in [-0.2, 0) is 0 Å². The number of hydrogen-bond donors (Lipinski definition) is 2. The molecule has 0 bridgehead atoms. The zero-order valence-electron chi connectivity index (χ0n) is 14.8. The van der Waals surface area contributed by atoms with Gasteiger partial charge in [0, 0.05) is 15.5 Å². The molecule has 0 fully saturated rings. The lowest BCUT2D eigenvalue weighted by atomic mass is 9.98. The van der Waals surface area contributed by atoms with Gasteiger partial charge in [-0.25, -0.2) is 0 Å². The fourth-order valence-electron chi connectivity index (χ4n) is 3.05. The summed E-state index contributed by atoms with van der Waals surface area (Å²) in [4.78, 5) is 5.26. The lowest BCUT2D eigenvalue weighted by molar-refractivity contribution is 0.414. The quantitative estimate of drug-likeness (QED) is 0.640. The maximum absolute atomic E-state index is 9.44. The molecule has 8 heteroatoms. The number of ether oxygens (including phenoxy) is 2. The van der Waals surface area contributed by atoms with Gasteiger partial charge < -0.3 is 20.9 Å². The van der Waals surface area contributed by atoms with E-state index in [1.54, 1.807) is 31.0 Å². The Kier molecular flexibility index (Phi) is 4.67. The number of nitrogen functional groups attached to an aromatic ring is 2. The third-order valence-corrected chi connectivity index (χ3v) is 5.92. The molecule has 1 unspecified atom stereocenters. The number of thioether (sulfide) groups is 1. The number of rotatable bonds is 3. The number of nitriles is 1. The van der Waals surface area contributed by atoms with Crippen molar-refractivity contribution in [2.45, 2.75) is 10.1 Å². The van der Waals surface area contributed by atoms with Crippen molar-refractivity contribution in [1.82, 2.24) is 4.98 Å². The van der Waals surface area contributed by atoms with Gasteiger partial charge in [-0.2, -0.15) is 10.2 Å². The molecule has 6 nitrogen and oxygen atoms in total. The normalized spacial score (nSPS) is 14.4. The summed E-state index contributed by atoms with van der Waals surface area (Å²) in [5.74, 6) is 1.68. The van der Waals surface area contributed by atoms with E-state index < -0.39 is 0 Å². The molecule has 140 valence electrons. The van der Waals surface area contributed by atoms with E-state index in [2.05, 4.69) is 4.98 Å². The average Bonchev–Trinajstić information content (AvgIpc) is 2.68. The Balaban J connectivity index is 1.87. The van der Waals surface area contributed by atoms with Crippen LogP contribution in [0.2, 0.25) is 5.02 Å². The zero-order valence-corrected chi connectivity index (χ0v) is 16.3. The fraction of sp³-hybridized carbons (Fsp3) is 0.100. The molecule has 1 aliphatic heterocycles. The van der Waals surface area contributed by atoms with Crippen molar-refractivity contribution < 1.29 is 9.47 Å². The van der Waals surface area contributed by atoms with Gasteiger partial charge >= 0.3 is 0 Å². The van der Waals surface area contributed by atoms with Crippen molar-refractivity contribution in [2.24, 2.45) is 0 Å². The van der Waals surface area contributed by atoms with Gasteiger partial charge in [-0.05, 0) is 36.4 Å². The first-order valence-corrected chi connectivity index (χ1v) is 9.54. The fourth-order valence-corrected chi connectivity index (χ4v) is 4.44. The van der Waals surface area contributed by atoms with Crippen LogP contribution in [0.5, 0.6) is 17.4 Å². The van der Waals surface area contributed by atoms with E-state index in [0.29, 0.717) is 16.3 Å². The van der Waals surface area contributed by atoms with Gasteiger partial charge in [0.15, 0.2) is 0 Å². The molecule has 0 saturated heterocycles. The molecule has 4 rings (SSSR count). The van der Waals surface area contributed by atoms with E-state index in [0.717, 1.165) is 16.2 Å². The van der Waals surface area contributed by atoms with E-state index in [1.165, 1.54) is 0 Å². The molecule has 0 amide bonds. The number of nitrogens with zero attached hydrogens (tertiary/aromatic N) is 2. The second-order valence-corrected chi connectivity index (χ2v) is 7.69. The lowest BCUT2D eigenvalue weighted by Crippen LogP contribution is -2.14. The molecule has 1 aliphatic rings. The largest absolute Gasteiger partial charge is 0.497 e. The molecule has 3 aromatic rings. The molecule has 0 aliphatic carbocycles. The van der Waals surface area contributed by atoms with Crippen LogP contribution in [0, 0.1) is 11.3 Å². The molecular formula is C20H15ClN4O2S. The zero-order chi connectivity index (χ0) is 19.8. The molecular weight excluding hydrogens is 396 g/mol. The highest BCUT2D eigenvalue weighted by Crippen LogP contribution is 2.54. The summed E-state index contributed by atoms with van der Waals surface area (Å²) in [5.41, 5.74) is 14.1. The molecule has 1 aromatic heterocycles. The van der Waals surface area contributed by atoms with Crippen molar-refractivity contribution in [1.29, 1.82) is 5.26 Å². The Morgan fingerprint density at radius 3 is 2.64 bits per heavy atom. The minimum atomic E-state index is -0.246. The van der Waals surface area contributed by atoms with Crippen LogP contribution in [0.25, 0.3) is 0 Å². The van der Waals surface area contributed by atoms with E-state index in [9.17, 15) is 5.26 Å². The van der Waals surface area contributed by atoms with Crippen molar-refractivity contribution in [3.63, 3.8) is 0 Å². The first-order chi connectivity index (χ1) is 13.5. The summed E-state index contributed by atoms with van der Waals surface area (Å²) in [6.45, 7) is 0. The van der Waals surface area contributed by atoms with Crippen molar-refractivity contribution >= 4 is 34.9 Å². The summed E-state index contributed by atoms with van der Waals surface area (Å²) >= 11 is 7.71. The number of methoxy groups -OCH3 is 1. The highest BCUT2D eigenvalue weighted by atomic mass is 35.5. The number of aromatic nitrogens is 1. The molecule has 0 saturated carbocycles. The molecule has 2 aromatic carbocycles. The standard InChI is InChI=1S/C20H15ClN4O2S/c1-26-11-3-5-12(6-4-11)28-18-13-7-2-10(21)8-15(13)27-20-16(18)17(23)14(9-22)19(24)25-20/h2-8,18H,1H3,(H4,23,24,25). The first-order valence-electron chi connectivity index (χ1n) is 8.28. The van der Waals surface area contributed by atoms with Gasteiger partial charge in [0.1, 0.15) is 28.9 Å². The Morgan fingerprint density at radius 2 is 1.96 bits per heavy atom. The molecule has 1 atom stereocenters. The van der Waals surface area contributed by atoms with E-state index in [4.69, 9.17) is 32.5 Å². The molecule has 0 spiro atoms. The lowest BCUT2D eigenvalue weighted by Gasteiger charge is -2.29. The van der Waals surface area contributed by atoms with Crippen molar-refractivity contribution in [2.75, 3.05) is 18.6 Å². The summed E-state index contributed by atoms with van der Waals surface area (Å²) in [6.07, 6.45) is 0. The summed E-state index contributed by atoms with van der Waals surface area (Å²) in [5, 5.41) is 9.74. The summed E-state index contributed by atoms with van der Waals surface area (Å²) < 4.78 is 11.1. The number of hydrogen-bond acceptors (Lipinski definition) is 7. The van der Waals surface area contributed by atoms with Crippen LogP contribution in [0.3, 0.4) is 0 Å². The summed E-state index contributed by atoms with van der Waals surface area (Å²) in [7, 11) is 1.62. The van der Waals surface area contributed by atoms with Crippen LogP contribution in [0.4, 0.5) is 11.5 Å². The number of benzene rings is 2. The van der Waals surface area contributed by atoms with E-state index in [-0.39, 0.29) is 28.2 Å². The number of fused-ring (bicyclic) bond motifs is 2. The molecule has 28 heavy (non-hydrogen) atoms. The number of halogens is 1. The predicted octanol–water partition coefficient (Wildman–Crippen LogP) is 4.77. The molecule has 2 heterocycles. The van der Waals surface area contributed by atoms with Crippen LogP contribution in [0.1, 0.15) is 21.9 Å². The van der Waals surface area contributed by atoms with Gasteiger partial charge in [-0.3, -0.25) is 0 Å². The smallest absolute Gasteiger partial charge is 0.228 e. The van der Waals surface area contributed by atoms with Crippen LogP contribution >= 0.6 is 23.4 Å². The maximum Gasteiger partial charge on any atom is 0.228 e. The SMILES string of the molecule is COc1ccc(SC2c3ccc(Cl)cc3Oc3nc(N)c(C#N)c(N)c32)cc1. The van der Waals surface area contributed by atoms with Gasteiger partial charge in [0.25, 0.3) is 0 Å². The third-order valence-electron chi connectivity index (χ3n) is 4.42. The minimum Gasteiger partial charge on any atom is -0.497 e. The minimum absolute atomic E-state index is 0.0393. The summed E-state index contributed by atoms with van der Waals surface area (Å²) in [6, 6.07) is 15.1. The average molecular weight is 411 g/mol. The second kappa shape index (κ2) is 7.15. The Hall–Kier alpha value is -3.08. The van der Waals surface area contributed by atoms with Gasteiger partial charge in [-0.1, -0.05) is 17.7 Å². The monoisotopic (exact) mass is 410 g/mol. The maximum atomic E-state index is 9.44. The van der Waals surface area contributed by atoms with Gasteiger partial charge in [0.05, 0.1) is 23.6 Å². The van der Waals surface area contributed by atoms with Gasteiger partial charge in [-0.15, -0.1) is 11.8 Å². The van der Waals surface area contributed by atoms with E-state index >= 15 is 0 Å². The highest BCUT2D eigenvalue weighted by Gasteiger charge is 2.33. The van der Waals surface area contributed by atoms with Crippen LogP contribution in [0.15, 0.2) is 47.4 Å². The van der Waals surface area contributed by atoms with Crippen LogP contribution < -0.4 is 20.9 Å². The topological polar surface area (TPSA) is 107 Å². The Bertz CT molecular complexity index is 1110. The number of anilines is 2. The Labute approximate surface area is 171 Å². The van der Waals surface area contributed by atoms with Crippen molar-refractivity contribution in [3.05, 3.63) is 64.2 Å². The third kappa shape index (κ3) is 3.07. The molecule has 4 N–H and O–H groups in total. The predicted molar refractivity (Wildman–Crippen MR) is 110 cm³/mol. The molecule has 0 radical (unpaired) electrons. The highest BCUT2D eigenvalue weighted by molar-refractivity contribution is 7.99.